The number of fused-ring (bicyclic) bond motifs is 2. The molecule has 0 radical (unpaired) electrons. The monoisotopic (exact) mass is 1270 g/mol. The minimum atomic E-state index is -3.82. The van der Waals surface area contributed by atoms with E-state index in [0.717, 1.165) is 10.9 Å². The molecular weight excluding hydrogens is 1240 g/mol. The van der Waals surface area contributed by atoms with E-state index in [2.05, 4.69) is 60.3 Å². The molecule has 4 aromatic carbocycles. The van der Waals surface area contributed by atoms with Gasteiger partial charge in [0.25, 0.3) is 10.0 Å². The van der Waals surface area contributed by atoms with Crippen molar-refractivity contribution < 1.29 is 25.3 Å². The first-order valence-corrected chi connectivity index (χ1v) is 30.1. The van der Waals surface area contributed by atoms with Crippen molar-refractivity contribution in [3.63, 3.8) is 0 Å². The SMILES string of the molecule is N#Cc1ccc(N)nc1.N#Cc1ccc(NS(=O)(=O)CCl)nc1.N#Cc1ccc(NS(=O)(=O)CNc2nc(-c3ccc(Cl)cc3Cl)nc3ccccc23)nc1.Nc1nc(-c2ccc(Cl)cc2Cl)nc2ccccc12.O=S(=O)(Cl)CCl. The summed E-state index contributed by atoms with van der Waals surface area (Å²) in [6.45, 7) is 0. The number of nitrogen functional groups attached to an aromatic ring is 2. The molecule has 31 heteroatoms. The Morgan fingerprint density at radius 2 is 0.950 bits per heavy atom. The van der Waals surface area contributed by atoms with Crippen LogP contribution in [0.2, 0.25) is 20.1 Å². The summed E-state index contributed by atoms with van der Waals surface area (Å²) < 4.78 is 70.8. The highest BCUT2D eigenvalue weighted by molar-refractivity contribution is 8.14. The highest BCUT2D eigenvalue weighted by atomic mass is 35.7. The quantitative estimate of drug-likeness (QED) is 0.0593. The van der Waals surface area contributed by atoms with Gasteiger partial charge in [0.1, 0.15) is 63.6 Å². The molecule has 0 atom stereocenters. The third-order valence-electron chi connectivity index (χ3n) is 9.50. The number of halogens is 7. The molecule has 9 aromatic rings. The van der Waals surface area contributed by atoms with Gasteiger partial charge in [0, 0.05) is 61.2 Å². The van der Waals surface area contributed by atoms with Crippen LogP contribution in [0.5, 0.6) is 0 Å². The summed E-state index contributed by atoms with van der Waals surface area (Å²) in [5.41, 5.74) is 15.1. The largest absolute Gasteiger partial charge is 0.384 e. The lowest BCUT2D eigenvalue weighted by Crippen LogP contribution is -2.23. The minimum Gasteiger partial charge on any atom is -0.384 e. The molecule has 5 heterocycles. The Balaban J connectivity index is 0.000000207. The van der Waals surface area contributed by atoms with Gasteiger partial charge in [-0.3, -0.25) is 9.44 Å². The Hall–Kier alpha value is -7.64. The molecule has 0 spiro atoms. The van der Waals surface area contributed by atoms with Gasteiger partial charge < -0.3 is 16.8 Å². The van der Waals surface area contributed by atoms with Crippen LogP contribution in [-0.4, -0.2) is 76.4 Å². The summed E-state index contributed by atoms with van der Waals surface area (Å²) in [4.78, 5) is 29.2. The molecule has 0 saturated heterocycles. The number of benzene rings is 4. The highest BCUT2D eigenvalue weighted by Gasteiger charge is 2.17. The van der Waals surface area contributed by atoms with E-state index in [1.807, 2.05) is 48.5 Å². The molecule has 0 fully saturated rings. The summed E-state index contributed by atoms with van der Waals surface area (Å²) in [5.74, 6) is 1.81. The van der Waals surface area contributed by atoms with Crippen molar-refractivity contribution >= 4 is 160 Å². The standard InChI is InChI=1S/C21H14Cl2N6O2S.C14H9Cl2N3.C7H6ClN3O2S.C6H5N3.CH2Cl2O2S/c22-14-6-7-15(17(23)9-14)21-27-18-4-2-1-3-16(18)20(28-21)26-12-32(30,31)29-19-8-5-13(10-24)11-25-19;15-8-5-6-9(11(16)7-8)14-18-12-4-2-1-3-10(12)13(17)19-14;8-5-14(12,13)11-7-2-1-6(3-9)4-10-7;7-3-5-1-2-6(8)9-4-5;2-1-6(3,4)5/h1-9,11H,12H2,(H,25,29)(H,26,27,28);1-7H,(H2,17,18,19);1-2,4H,5H2,(H,10,11);1-2,4H,(H2,8,9);1H2. The van der Waals surface area contributed by atoms with Gasteiger partial charge in [0.15, 0.2) is 11.6 Å². The van der Waals surface area contributed by atoms with Gasteiger partial charge in [0.2, 0.25) is 19.1 Å². The number of nitriles is 3. The zero-order valence-corrected chi connectivity index (χ0v) is 48.1. The molecule has 80 heavy (non-hydrogen) atoms. The molecule has 5 aromatic heterocycles. The number of aromatic nitrogens is 7. The number of rotatable bonds is 11. The van der Waals surface area contributed by atoms with Crippen molar-refractivity contribution in [2.24, 2.45) is 0 Å². The predicted molar refractivity (Wildman–Crippen MR) is 315 cm³/mol. The Kier molecular flexibility index (Phi) is 23.3. The lowest BCUT2D eigenvalue weighted by Gasteiger charge is -2.13. The third kappa shape index (κ3) is 19.9. The second-order valence-corrected chi connectivity index (χ2v) is 24.4. The zero-order chi connectivity index (χ0) is 58.6. The van der Waals surface area contributed by atoms with Gasteiger partial charge >= 0.3 is 0 Å². The molecule has 0 bridgehead atoms. The number of para-hydroxylation sites is 2. The maximum atomic E-state index is 12.6. The number of nitrogens with zero attached hydrogens (tertiary/aromatic N) is 10. The molecule has 410 valence electrons. The smallest absolute Gasteiger partial charge is 0.252 e. The molecule has 9 rings (SSSR count). The molecular formula is C49H36Cl7N15O6S3. The summed E-state index contributed by atoms with van der Waals surface area (Å²) in [5, 5.41) is 30.8. The Labute approximate surface area is 492 Å². The summed E-state index contributed by atoms with van der Waals surface area (Å²) >= 11 is 34.3. The van der Waals surface area contributed by atoms with Gasteiger partial charge in [-0.15, -0.1) is 23.2 Å². The zero-order valence-electron chi connectivity index (χ0n) is 40.3. The Morgan fingerprint density at radius 3 is 1.38 bits per heavy atom. The Bertz CT molecular complexity index is 4130. The van der Waals surface area contributed by atoms with Crippen molar-refractivity contribution in [3.05, 3.63) is 177 Å². The lowest BCUT2D eigenvalue weighted by atomic mass is 10.2. The van der Waals surface area contributed by atoms with E-state index in [1.54, 1.807) is 66.7 Å². The average molecular weight is 1280 g/mol. The van der Waals surface area contributed by atoms with Gasteiger partial charge in [-0.05, 0) is 97.1 Å². The van der Waals surface area contributed by atoms with Crippen LogP contribution in [0.4, 0.5) is 29.1 Å². The molecule has 0 unspecified atom stereocenters. The third-order valence-corrected chi connectivity index (χ3v) is 15.1. The van der Waals surface area contributed by atoms with Gasteiger partial charge in [-0.25, -0.2) is 60.1 Å². The number of sulfonamides is 2. The van der Waals surface area contributed by atoms with Crippen molar-refractivity contribution in [2.75, 3.05) is 42.5 Å². The van der Waals surface area contributed by atoms with E-state index in [0.29, 0.717) is 87.9 Å². The second-order valence-electron chi connectivity index (χ2n) is 15.3. The van der Waals surface area contributed by atoms with Crippen LogP contribution in [0, 0.1) is 34.0 Å². The van der Waals surface area contributed by atoms with E-state index in [-0.39, 0.29) is 11.6 Å². The molecule has 7 N–H and O–H groups in total. The summed E-state index contributed by atoms with van der Waals surface area (Å²) in [7, 11) is -6.21. The summed E-state index contributed by atoms with van der Waals surface area (Å²) in [6, 6.07) is 39.6. The van der Waals surface area contributed by atoms with Gasteiger partial charge in [-0.1, -0.05) is 70.7 Å². The number of alkyl halides is 2. The molecule has 0 amide bonds. The average Bonchev–Trinajstić information content (AvgIpc) is 3.47. The molecule has 0 saturated carbocycles. The van der Waals surface area contributed by atoms with E-state index in [4.69, 9.17) is 96.9 Å². The molecule has 0 aliphatic carbocycles. The van der Waals surface area contributed by atoms with Gasteiger partial charge in [0.05, 0.1) is 37.8 Å². The van der Waals surface area contributed by atoms with Crippen LogP contribution < -0.4 is 26.2 Å². The first kappa shape index (κ1) is 63.2. The van der Waals surface area contributed by atoms with Gasteiger partial charge in [-0.2, -0.15) is 15.8 Å². The fraction of sp³-hybridized carbons (Fsp3) is 0.0612. The first-order valence-electron chi connectivity index (χ1n) is 21.8. The van der Waals surface area contributed by atoms with Crippen molar-refractivity contribution in [3.8, 4) is 41.0 Å². The van der Waals surface area contributed by atoms with E-state index >= 15 is 0 Å². The maximum Gasteiger partial charge on any atom is 0.252 e. The normalized spacial score (nSPS) is 10.7. The van der Waals surface area contributed by atoms with Crippen LogP contribution in [0.1, 0.15) is 16.7 Å². The number of hydrogen-bond donors (Lipinski definition) is 5. The number of anilines is 5. The lowest BCUT2D eigenvalue weighted by molar-refractivity contribution is 0.601. The highest BCUT2D eigenvalue weighted by Crippen LogP contribution is 2.32. The van der Waals surface area contributed by atoms with Crippen molar-refractivity contribution in [2.45, 2.75) is 0 Å². The van der Waals surface area contributed by atoms with Crippen LogP contribution >= 0.6 is 80.3 Å². The second kappa shape index (κ2) is 29.5. The fourth-order valence-electron chi connectivity index (χ4n) is 5.95. The predicted octanol–water partition coefficient (Wildman–Crippen LogP) is 11.0. The van der Waals surface area contributed by atoms with E-state index in [1.165, 1.54) is 42.9 Å². The van der Waals surface area contributed by atoms with Crippen LogP contribution in [0.25, 0.3) is 44.6 Å². The Morgan fingerprint density at radius 1 is 0.512 bits per heavy atom. The maximum absolute atomic E-state index is 12.6. The number of nitrogens with two attached hydrogens (primary N) is 2. The van der Waals surface area contributed by atoms with Crippen LogP contribution in [0.3, 0.4) is 0 Å². The minimum absolute atomic E-state index is 0.104. The molecule has 0 aliphatic heterocycles. The first-order chi connectivity index (χ1) is 37.9. The number of pyridine rings is 3. The van der Waals surface area contributed by atoms with Crippen molar-refractivity contribution in [1.29, 1.82) is 15.8 Å². The number of nitrogens with one attached hydrogen (secondary N) is 3. The fourth-order valence-corrected chi connectivity index (χ4v) is 8.43. The summed E-state index contributed by atoms with van der Waals surface area (Å²) in [6.07, 6.45) is 3.99. The van der Waals surface area contributed by atoms with Crippen molar-refractivity contribution in [1.82, 2.24) is 34.9 Å². The van der Waals surface area contributed by atoms with E-state index in [9.17, 15) is 25.3 Å². The van der Waals surface area contributed by atoms with Crippen LogP contribution in [0.15, 0.2) is 140 Å². The van der Waals surface area contributed by atoms with Crippen LogP contribution in [-0.2, 0) is 29.1 Å². The molecule has 21 nitrogen and oxygen atoms in total. The van der Waals surface area contributed by atoms with E-state index < -0.39 is 45.4 Å². The molecule has 0 aliphatic rings. The topological polar surface area (TPSA) is 352 Å². The number of hydrogen-bond acceptors (Lipinski definition) is 19.